The number of nitrogens with one attached hydrogen (secondary N) is 2. The number of urea groups is 1. The van der Waals surface area contributed by atoms with Crippen molar-refractivity contribution in [2.75, 3.05) is 18.5 Å². The first-order valence-electron chi connectivity index (χ1n) is 4.86. The quantitative estimate of drug-likeness (QED) is 0.664. The minimum Gasteiger partial charge on any atom is -0.396 e. The van der Waals surface area contributed by atoms with E-state index in [4.69, 9.17) is 5.11 Å². The van der Waals surface area contributed by atoms with Crippen molar-refractivity contribution in [3.63, 3.8) is 0 Å². The number of thiazole rings is 1. The molecule has 5 nitrogen and oxygen atoms in total. The number of amides is 2. The van der Waals surface area contributed by atoms with Crippen molar-refractivity contribution in [1.82, 2.24) is 10.3 Å². The van der Waals surface area contributed by atoms with Gasteiger partial charge in [-0.15, -0.1) is 11.3 Å². The van der Waals surface area contributed by atoms with E-state index in [1.165, 1.54) is 11.3 Å². The van der Waals surface area contributed by atoms with E-state index in [-0.39, 0.29) is 12.6 Å². The first-order chi connectivity index (χ1) is 7.26. The standard InChI is InChI=1S/C9H15N3O2S/c1-2-7-6-15-9(11-7)12-8(14)10-4-3-5-13/h6,13H,2-5H2,1H3,(H2,10,11,12,14). The van der Waals surface area contributed by atoms with Gasteiger partial charge in [0, 0.05) is 18.5 Å². The lowest BCUT2D eigenvalue weighted by Gasteiger charge is -2.03. The number of carbonyl (C=O) groups excluding carboxylic acids is 1. The molecule has 0 aliphatic rings. The highest BCUT2D eigenvalue weighted by Crippen LogP contribution is 2.15. The molecule has 84 valence electrons. The summed E-state index contributed by atoms with van der Waals surface area (Å²) in [4.78, 5) is 15.4. The molecule has 1 aromatic rings. The molecule has 0 saturated heterocycles. The largest absolute Gasteiger partial charge is 0.396 e. The molecule has 0 atom stereocenters. The number of hydrogen-bond donors (Lipinski definition) is 3. The average Bonchev–Trinajstić information content (AvgIpc) is 2.66. The highest BCUT2D eigenvalue weighted by atomic mass is 32.1. The number of hydrogen-bond acceptors (Lipinski definition) is 4. The number of nitrogens with zero attached hydrogens (tertiary/aromatic N) is 1. The van der Waals surface area contributed by atoms with Crippen molar-refractivity contribution in [2.24, 2.45) is 0 Å². The Morgan fingerprint density at radius 1 is 1.67 bits per heavy atom. The van der Waals surface area contributed by atoms with Gasteiger partial charge >= 0.3 is 6.03 Å². The fourth-order valence-electron chi connectivity index (χ4n) is 0.949. The normalized spacial score (nSPS) is 10.0. The van der Waals surface area contributed by atoms with E-state index < -0.39 is 0 Å². The van der Waals surface area contributed by atoms with E-state index in [0.717, 1.165) is 12.1 Å². The number of aliphatic hydroxyl groups excluding tert-OH is 1. The summed E-state index contributed by atoms with van der Waals surface area (Å²) >= 11 is 1.41. The molecule has 1 heterocycles. The van der Waals surface area contributed by atoms with Crippen molar-refractivity contribution in [1.29, 1.82) is 0 Å². The number of rotatable bonds is 5. The molecule has 0 unspecified atom stereocenters. The predicted molar refractivity (Wildman–Crippen MR) is 60.2 cm³/mol. The number of anilines is 1. The van der Waals surface area contributed by atoms with E-state index in [9.17, 15) is 4.79 Å². The second kappa shape index (κ2) is 6.36. The van der Waals surface area contributed by atoms with Crippen LogP contribution in [0.25, 0.3) is 0 Å². The topological polar surface area (TPSA) is 74.2 Å². The Morgan fingerprint density at radius 2 is 2.47 bits per heavy atom. The van der Waals surface area contributed by atoms with Gasteiger partial charge in [0.25, 0.3) is 0 Å². The second-order valence-electron chi connectivity index (χ2n) is 2.96. The minimum atomic E-state index is -0.277. The van der Waals surface area contributed by atoms with Gasteiger partial charge in [-0.25, -0.2) is 9.78 Å². The number of aryl methyl sites for hydroxylation is 1. The lowest BCUT2D eigenvalue weighted by molar-refractivity contribution is 0.249. The van der Waals surface area contributed by atoms with Crippen LogP contribution in [0.5, 0.6) is 0 Å². The van der Waals surface area contributed by atoms with E-state index in [1.54, 1.807) is 0 Å². The average molecular weight is 229 g/mol. The van der Waals surface area contributed by atoms with Crippen molar-refractivity contribution in [3.05, 3.63) is 11.1 Å². The van der Waals surface area contributed by atoms with Crippen LogP contribution in [0, 0.1) is 0 Å². The van der Waals surface area contributed by atoms with Gasteiger partial charge in [0.1, 0.15) is 0 Å². The Labute approximate surface area is 92.5 Å². The molecule has 0 radical (unpaired) electrons. The number of aromatic nitrogens is 1. The smallest absolute Gasteiger partial charge is 0.321 e. The van der Waals surface area contributed by atoms with Gasteiger partial charge in [0.2, 0.25) is 0 Å². The van der Waals surface area contributed by atoms with E-state index in [2.05, 4.69) is 15.6 Å². The summed E-state index contributed by atoms with van der Waals surface area (Å²) < 4.78 is 0. The summed E-state index contributed by atoms with van der Waals surface area (Å²) in [6.07, 6.45) is 1.43. The third-order valence-electron chi connectivity index (χ3n) is 1.75. The van der Waals surface area contributed by atoms with Crippen LogP contribution in [0.15, 0.2) is 5.38 Å². The molecule has 3 N–H and O–H groups in total. The highest BCUT2D eigenvalue weighted by molar-refractivity contribution is 7.13. The Hall–Kier alpha value is -1.14. The first-order valence-corrected chi connectivity index (χ1v) is 5.74. The molecule has 0 bridgehead atoms. The molecule has 0 spiro atoms. The highest BCUT2D eigenvalue weighted by Gasteiger charge is 2.04. The van der Waals surface area contributed by atoms with Gasteiger partial charge in [-0.05, 0) is 12.8 Å². The molecule has 1 rings (SSSR count). The van der Waals surface area contributed by atoms with Crippen molar-refractivity contribution >= 4 is 22.5 Å². The summed E-state index contributed by atoms with van der Waals surface area (Å²) in [5, 5.41) is 16.3. The zero-order chi connectivity index (χ0) is 11.1. The van der Waals surface area contributed by atoms with Crippen LogP contribution < -0.4 is 10.6 Å². The maximum absolute atomic E-state index is 11.2. The van der Waals surface area contributed by atoms with E-state index in [0.29, 0.717) is 18.1 Å². The lowest BCUT2D eigenvalue weighted by atomic mass is 10.4. The van der Waals surface area contributed by atoms with E-state index >= 15 is 0 Å². The molecule has 0 fully saturated rings. The van der Waals surface area contributed by atoms with Crippen LogP contribution in [-0.2, 0) is 6.42 Å². The molecular formula is C9H15N3O2S. The monoisotopic (exact) mass is 229 g/mol. The summed E-state index contributed by atoms with van der Waals surface area (Å²) in [6.45, 7) is 2.56. The Bertz CT molecular complexity index is 314. The number of carbonyl (C=O) groups is 1. The summed E-state index contributed by atoms with van der Waals surface area (Å²) in [5.74, 6) is 0. The fourth-order valence-corrected chi connectivity index (χ4v) is 1.74. The zero-order valence-electron chi connectivity index (χ0n) is 8.62. The first kappa shape index (κ1) is 11.9. The van der Waals surface area contributed by atoms with Crippen molar-refractivity contribution in [3.8, 4) is 0 Å². The lowest BCUT2D eigenvalue weighted by Crippen LogP contribution is -2.29. The summed E-state index contributed by atoms with van der Waals surface area (Å²) in [5.41, 5.74) is 0.977. The minimum absolute atomic E-state index is 0.0809. The maximum atomic E-state index is 11.2. The third kappa shape index (κ3) is 4.26. The van der Waals surface area contributed by atoms with Gasteiger partial charge < -0.3 is 10.4 Å². The van der Waals surface area contributed by atoms with E-state index in [1.807, 2.05) is 12.3 Å². The SMILES string of the molecule is CCc1csc(NC(=O)NCCCO)n1. The van der Waals surface area contributed by atoms with Crippen LogP contribution in [0.1, 0.15) is 19.0 Å². The van der Waals surface area contributed by atoms with Gasteiger partial charge in [-0.2, -0.15) is 0 Å². The van der Waals surface area contributed by atoms with Crippen LogP contribution in [0.2, 0.25) is 0 Å². The molecule has 0 saturated carbocycles. The molecule has 15 heavy (non-hydrogen) atoms. The van der Waals surface area contributed by atoms with Gasteiger partial charge in [0.15, 0.2) is 5.13 Å². The van der Waals surface area contributed by atoms with Crippen molar-refractivity contribution in [2.45, 2.75) is 19.8 Å². The Morgan fingerprint density at radius 3 is 3.07 bits per heavy atom. The number of aliphatic hydroxyl groups is 1. The third-order valence-corrected chi connectivity index (χ3v) is 2.56. The molecule has 2 amide bonds. The molecule has 0 aliphatic carbocycles. The molecule has 1 aromatic heterocycles. The second-order valence-corrected chi connectivity index (χ2v) is 3.81. The summed E-state index contributed by atoms with van der Waals surface area (Å²) in [6, 6.07) is -0.277. The molecule has 6 heteroatoms. The molecule has 0 aliphatic heterocycles. The molecular weight excluding hydrogens is 214 g/mol. The fraction of sp³-hybridized carbons (Fsp3) is 0.556. The van der Waals surface area contributed by atoms with Crippen molar-refractivity contribution < 1.29 is 9.90 Å². The zero-order valence-corrected chi connectivity index (χ0v) is 9.43. The van der Waals surface area contributed by atoms with Gasteiger partial charge in [-0.3, -0.25) is 5.32 Å². The Balaban J connectivity index is 2.31. The van der Waals surface area contributed by atoms with Crippen LogP contribution in [0.4, 0.5) is 9.93 Å². The Kier molecular flexibility index (Phi) is 5.06. The van der Waals surface area contributed by atoms with Gasteiger partial charge in [-0.1, -0.05) is 6.92 Å². The van der Waals surface area contributed by atoms with Crippen LogP contribution in [-0.4, -0.2) is 29.3 Å². The van der Waals surface area contributed by atoms with Gasteiger partial charge in [0.05, 0.1) is 5.69 Å². The molecule has 0 aromatic carbocycles. The predicted octanol–water partition coefficient (Wildman–Crippen LogP) is 1.21. The maximum Gasteiger partial charge on any atom is 0.321 e. The van der Waals surface area contributed by atoms with Crippen LogP contribution >= 0.6 is 11.3 Å². The summed E-state index contributed by atoms with van der Waals surface area (Å²) in [7, 11) is 0. The van der Waals surface area contributed by atoms with Crippen LogP contribution in [0.3, 0.4) is 0 Å².